The molecule has 0 unspecified atom stereocenters. The number of urea groups is 1. The van der Waals surface area contributed by atoms with Gasteiger partial charge < -0.3 is 14.7 Å². The van der Waals surface area contributed by atoms with Crippen LogP contribution in [0.2, 0.25) is 0 Å². The molecule has 2 aromatic rings. The number of likely N-dealkylation sites (tertiary alicyclic amines) is 1. The number of anilines is 1. The number of amides is 2. The van der Waals surface area contributed by atoms with Crippen molar-refractivity contribution in [3.05, 3.63) is 47.9 Å². The second kappa shape index (κ2) is 5.36. The van der Waals surface area contributed by atoms with Crippen LogP contribution in [-0.2, 0) is 0 Å². The second-order valence-electron chi connectivity index (χ2n) is 5.02. The third-order valence-electron chi connectivity index (χ3n) is 3.51. The zero-order valence-corrected chi connectivity index (χ0v) is 11.4. The molecule has 3 rings (SSSR count). The van der Waals surface area contributed by atoms with E-state index in [2.05, 4.69) is 10.5 Å². The van der Waals surface area contributed by atoms with Gasteiger partial charge in [0.05, 0.1) is 11.7 Å². The van der Waals surface area contributed by atoms with E-state index in [4.69, 9.17) is 4.52 Å². The summed E-state index contributed by atoms with van der Waals surface area (Å²) in [6.07, 6.45) is 1.89. The summed E-state index contributed by atoms with van der Waals surface area (Å²) >= 11 is 0. The molecule has 0 aliphatic carbocycles. The number of nitrogens with zero attached hydrogens (tertiary/aromatic N) is 2. The highest BCUT2D eigenvalue weighted by molar-refractivity contribution is 5.89. The summed E-state index contributed by atoms with van der Waals surface area (Å²) in [5.41, 5.74) is 1.65. The van der Waals surface area contributed by atoms with Gasteiger partial charge in [-0.25, -0.2) is 4.79 Å². The van der Waals surface area contributed by atoms with Crippen molar-refractivity contribution in [3.63, 3.8) is 0 Å². The highest BCUT2D eigenvalue weighted by Crippen LogP contribution is 2.32. The molecule has 104 valence electrons. The van der Waals surface area contributed by atoms with Crippen LogP contribution in [-0.4, -0.2) is 22.6 Å². The summed E-state index contributed by atoms with van der Waals surface area (Å²) in [4.78, 5) is 14.2. The number of hydrogen-bond acceptors (Lipinski definition) is 3. The fourth-order valence-electron chi connectivity index (χ4n) is 2.56. The minimum atomic E-state index is -0.0900. The molecule has 0 bridgehead atoms. The Morgan fingerprint density at radius 3 is 2.90 bits per heavy atom. The minimum absolute atomic E-state index is 0.0140. The van der Waals surface area contributed by atoms with E-state index in [0.29, 0.717) is 0 Å². The quantitative estimate of drug-likeness (QED) is 0.911. The maximum atomic E-state index is 12.4. The largest absolute Gasteiger partial charge is 0.359 e. The van der Waals surface area contributed by atoms with Crippen LogP contribution in [0.5, 0.6) is 0 Å². The monoisotopic (exact) mass is 271 g/mol. The van der Waals surface area contributed by atoms with E-state index in [-0.39, 0.29) is 12.1 Å². The van der Waals surface area contributed by atoms with Crippen LogP contribution in [0.4, 0.5) is 10.5 Å². The van der Waals surface area contributed by atoms with Crippen LogP contribution in [0.1, 0.15) is 30.3 Å². The molecule has 1 fully saturated rings. The number of para-hydroxylation sites is 1. The number of aromatic nitrogens is 1. The Bertz CT molecular complexity index is 594. The Labute approximate surface area is 117 Å². The lowest BCUT2D eigenvalue weighted by Gasteiger charge is -2.23. The molecule has 5 heteroatoms. The van der Waals surface area contributed by atoms with Crippen LogP contribution >= 0.6 is 0 Å². The summed E-state index contributed by atoms with van der Waals surface area (Å²) in [6.45, 7) is 2.62. The lowest BCUT2D eigenvalue weighted by molar-refractivity contribution is 0.195. The number of benzene rings is 1. The second-order valence-corrected chi connectivity index (χ2v) is 5.02. The predicted molar refractivity (Wildman–Crippen MR) is 75.4 cm³/mol. The Balaban J connectivity index is 1.73. The van der Waals surface area contributed by atoms with E-state index >= 15 is 0 Å². The molecule has 0 spiro atoms. The zero-order valence-electron chi connectivity index (χ0n) is 11.4. The van der Waals surface area contributed by atoms with Crippen molar-refractivity contribution in [1.82, 2.24) is 10.1 Å². The summed E-state index contributed by atoms with van der Waals surface area (Å²) in [7, 11) is 0. The van der Waals surface area contributed by atoms with Gasteiger partial charge in [0.1, 0.15) is 0 Å². The van der Waals surface area contributed by atoms with E-state index in [1.54, 1.807) is 0 Å². The maximum Gasteiger partial charge on any atom is 0.322 e. The van der Waals surface area contributed by atoms with Crippen molar-refractivity contribution < 1.29 is 9.32 Å². The van der Waals surface area contributed by atoms with Crippen molar-refractivity contribution in [2.75, 3.05) is 11.9 Å². The standard InChI is InChI=1S/C15H17N3O2/c1-11-10-14(20-17-11)13-8-5-9-18(13)15(19)16-12-6-3-2-4-7-12/h2-4,6-7,10,13H,5,8-9H2,1H3,(H,16,19)/t13-/m1/s1. The van der Waals surface area contributed by atoms with Gasteiger partial charge in [-0.15, -0.1) is 0 Å². The maximum absolute atomic E-state index is 12.4. The average molecular weight is 271 g/mol. The van der Waals surface area contributed by atoms with Crippen molar-refractivity contribution >= 4 is 11.7 Å². The summed E-state index contributed by atoms with van der Waals surface area (Å²) in [6, 6.07) is 11.3. The number of aryl methyl sites for hydroxylation is 1. The molecule has 1 N–H and O–H groups in total. The Kier molecular flexibility index (Phi) is 3.41. The predicted octanol–water partition coefficient (Wildman–Crippen LogP) is 3.35. The van der Waals surface area contributed by atoms with Gasteiger partial charge in [0.15, 0.2) is 5.76 Å². The minimum Gasteiger partial charge on any atom is -0.359 e. The topological polar surface area (TPSA) is 58.4 Å². The fourth-order valence-corrected chi connectivity index (χ4v) is 2.56. The Morgan fingerprint density at radius 1 is 1.40 bits per heavy atom. The fraction of sp³-hybridized carbons (Fsp3) is 0.333. The summed E-state index contributed by atoms with van der Waals surface area (Å²) < 4.78 is 5.31. The van der Waals surface area contributed by atoms with Crippen LogP contribution in [0.25, 0.3) is 0 Å². The van der Waals surface area contributed by atoms with E-state index in [1.807, 2.05) is 48.2 Å². The van der Waals surface area contributed by atoms with E-state index in [1.165, 1.54) is 0 Å². The van der Waals surface area contributed by atoms with Crippen LogP contribution in [0.3, 0.4) is 0 Å². The molecule has 0 radical (unpaired) electrons. The van der Waals surface area contributed by atoms with Gasteiger partial charge in [0, 0.05) is 18.3 Å². The van der Waals surface area contributed by atoms with Crippen molar-refractivity contribution in [1.29, 1.82) is 0 Å². The molecular weight excluding hydrogens is 254 g/mol. The number of carbonyl (C=O) groups excluding carboxylic acids is 1. The van der Waals surface area contributed by atoms with Crippen molar-refractivity contribution in [2.45, 2.75) is 25.8 Å². The average Bonchev–Trinajstić information content (AvgIpc) is 3.08. The number of hydrogen-bond donors (Lipinski definition) is 1. The van der Waals surface area contributed by atoms with Gasteiger partial charge in [-0.3, -0.25) is 0 Å². The molecule has 20 heavy (non-hydrogen) atoms. The first-order valence-corrected chi connectivity index (χ1v) is 6.80. The van der Waals surface area contributed by atoms with Gasteiger partial charge in [0.2, 0.25) is 0 Å². The molecule has 1 atom stereocenters. The highest BCUT2D eigenvalue weighted by atomic mass is 16.5. The van der Waals surface area contributed by atoms with Gasteiger partial charge in [-0.2, -0.15) is 0 Å². The smallest absolute Gasteiger partial charge is 0.322 e. The Hall–Kier alpha value is -2.30. The van der Waals surface area contributed by atoms with Gasteiger partial charge >= 0.3 is 6.03 Å². The van der Waals surface area contributed by atoms with Crippen LogP contribution < -0.4 is 5.32 Å². The first kappa shape index (κ1) is 12.7. The van der Waals surface area contributed by atoms with Crippen molar-refractivity contribution in [2.24, 2.45) is 0 Å². The third-order valence-corrected chi connectivity index (χ3v) is 3.51. The molecule has 2 amide bonds. The summed E-state index contributed by atoms with van der Waals surface area (Å²) in [5.74, 6) is 0.767. The van der Waals surface area contributed by atoms with Gasteiger partial charge in [-0.1, -0.05) is 23.4 Å². The number of nitrogens with one attached hydrogen (secondary N) is 1. The SMILES string of the molecule is Cc1cc([C@H]2CCCN2C(=O)Nc2ccccc2)on1. The lowest BCUT2D eigenvalue weighted by atomic mass is 10.1. The lowest BCUT2D eigenvalue weighted by Crippen LogP contribution is -2.34. The molecule has 1 saturated heterocycles. The molecule has 1 aliphatic rings. The van der Waals surface area contributed by atoms with E-state index < -0.39 is 0 Å². The third kappa shape index (κ3) is 2.52. The van der Waals surface area contributed by atoms with Crippen LogP contribution in [0.15, 0.2) is 40.9 Å². The molecular formula is C15H17N3O2. The molecule has 1 aromatic heterocycles. The van der Waals surface area contributed by atoms with E-state index in [0.717, 1.165) is 36.5 Å². The first-order chi connectivity index (χ1) is 9.74. The van der Waals surface area contributed by atoms with Gasteiger partial charge in [0.25, 0.3) is 0 Å². The molecule has 1 aliphatic heterocycles. The Morgan fingerprint density at radius 2 is 2.20 bits per heavy atom. The number of carbonyl (C=O) groups is 1. The van der Waals surface area contributed by atoms with Crippen molar-refractivity contribution in [3.8, 4) is 0 Å². The van der Waals surface area contributed by atoms with Crippen LogP contribution in [0, 0.1) is 6.92 Å². The first-order valence-electron chi connectivity index (χ1n) is 6.80. The molecule has 0 saturated carbocycles. The zero-order chi connectivity index (χ0) is 13.9. The summed E-state index contributed by atoms with van der Waals surface area (Å²) in [5, 5.41) is 6.82. The number of rotatable bonds is 2. The van der Waals surface area contributed by atoms with E-state index in [9.17, 15) is 4.79 Å². The highest BCUT2D eigenvalue weighted by Gasteiger charge is 2.32. The van der Waals surface area contributed by atoms with Gasteiger partial charge in [-0.05, 0) is 31.9 Å². The molecule has 5 nitrogen and oxygen atoms in total. The normalized spacial score (nSPS) is 18.2. The molecule has 2 heterocycles. The molecule has 1 aromatic carbocycles.